The Hall–Kier alpha value is -1.60. The first-order valence-electron chi connectivity index (χ1n) is 5.22. The van der Waals surface area contributed by atoms with Crippen molar-refractivity contribution in [2.24, 2.45) is 0 Å². The van der Waals surface area contributed by atoms with Gasteiger partial charge in [-0.15, -0.1) is 0 Å². The normalized spacial score (nSPS) is 11.3. The molecular weight excluding hydrogens is 335 g/mol. The highest BCUT2D eigenvalue weighted by molar-refractivity contribution is 9.10. The van der Waals surface area contributed by atoms with E-state index in [1.54, 1.807) is 12.1 Å². The molecule has 4 nitrogen and oxygen atoms in total. The Morgan fingerprint density at radius 3 is 2.47 bits per heavy atom. The van der Waals surface area contributed by atoms with Gasteiger partial charge in [0, 0.05) is 0 Å². The minimum atomic E-state index is -3.83. The average Bonchev–Trinajstić information content (AvgIpc) is 2.34. The van der Waals surface area contributed by atoms with E-state index < -0.39 is 15.8 Å². The number of hydrogen-bond donors (Lipinski definition) is 2. The van der Waals surface area contributed by atoms with Crippen LogP contribution >= 0.6 is 15.9 Å². The van der Waals surface area contributed by atoms with Crippen LogP contribution in [0.15, 0.2) is 51.8 Å². The van der Waals surface area contributed by atoms with Crippen LogP contribution in [0.5, 0.6) is 0 Å². The van der Waals surface area contributed by atoms with Crippen molar-refractivity contribution >= 4 is 37.3 Å². The number of rotatable bonds is 3. The number of halogens is 2. The molecule has 0 aliphatic rings. The SMILES string of the molecule is Nc1ccccc1S(=O)(=O)Nc1ccc(Br)c(F)c1. The number of nitrogens with two attached hydrogens (primary N) is 1. The van der Waals surface area contributed by atoms with Crippen molar-refractivity contribution in [3.05, 3.63) is 52.8 Å². The summed E-state index contributed by atoms with van der Waals surface area (Å²) in [6.45, 7) is 0. The summed E-state index contributed by atoms with van der Waals surface area (Å²) in [5.74, 6) is -0.554. The molecule has 2 aromatic rings. The topological polar surface area (TPSA) is 72.2 Å². The second-order valence-electron chi connectivity index (χ2n) is 3.77. The Morgan fingerprint density at radius 2 is 1.84 bits per heavy atom. The smallest absolute Gasteiger partial charge is 0.263 e. The fraction of sp³-hybridized carbons (Fsp3) is 0. The highest BCUT2D eigenvalue weighted by atomic mass is 79.9. The van der Waals surface area contributed by atoms with E-state index in [1.807, 2.05) is 0 Å². The number of anilines is 2. The van der Waals surface area contributed by atoms with Crippen molar-refractivity contribution in [2.45, 2.75) is 4.90 Å². The van der Waals surface area contributed by atoms with Gasteiger partial charge in [-0.1, -0.05) is 12.1 Å². The average molecular weight is 345 g/mol. The molecule has 0 fully saturated rings. The maximum Gasteiger partial charge on any atom is 0.263 e. The summed E-state index contributed by atoms with van der Waals surface area (Å²) in [6.07, 6.45) is 0. The Bertz CT molecular complexity index is 719. The summed E-state index contributed by atoms with van der Waals surface area (Å²) in [5.41, 5.74) is 5.87. The van der Waals surface area contributed by atoms with Crippen molar-refractivity contribution in [3.63, 3.8) is 0 Å². The van der Waals surface area contributed by atoms with E-state index in [0.29, 0.717) is 0 Å². The summed E-state index contributed by atoms with van der Waals surface area (Å²) >= 11 is 2.99. The maximum atomic E-state index is 13.3. The molecule has 2 rings (SSSR count). The van der Waals surface area contributed by atoms with Crippen molar-refractivity contribution in [1.82, 2.24) is 0 Å². The lowest BCUT2D eigenvalue weighted by atomic mass is 10.3. The summed E-state index contributed by atoms with van der Waals surface area (Å²) in [5, 5.41) is 0. The first-order chi connectivity index (χ1) is 8.90. The predicted octanol–water partition coefficient (Wildman–Crippen LogP) is 2.97. The number of hydrogen-bond acceptors (Lipinski definition) is 3. The van der Waals surface area contributed by atoms with Crippen LogP contribution in [0.1, 0.15) is 0 Å². The van der Waals surface area contributed by atoms with E-state index in [9.17, 15) is 12.8 Å². The molecule has 0 saturated carbocycles. The first kappa shape index (κ1) is 13.8. The Morgan fingerprint density at radius 1 is 1.16 bits per heavy atom. The minimum Gasteiger partial charge on any atom is -0.398 e. The molecule has 2 aromatic carbocycles. The molecule has 7 heteroatoms. The predicted molar refractivity (Wildman–Crippen MR) is 75.8 cm³/mol. The van der Waals surface area contributed by atoms with Gasteiger partial charge in [-0.3, -0.25) is 4.72 Å². The first-order valence-corrected chi connectivity index (χ1v) is 7.50. The number of nitrogens with one attached hydrogen (secondary N) is 1. The van der Waals surface area contributed by atoms with Gasteiger partial charge in [0.15, 0.2) is 0 Å². The standard InChI is InChI=1S/C12H10BrFN2O2S/c13-9-6-5-8(7-10(9)14)16-19(17,18)12-4-2-1-3-11(12)15/h1-7,16H,15H2. The van der Waals surface area contributed by atoms with Gasteiger partial charge in [0.1, 0.15) is 10.7 Å². The maximum absolute atomic E-state index is 13.3. The molecule has 19 heavy (non-hydrogen) atoms. The molecule has 0 spiro atoms. The van der Waals surface area contributed by atoms with E-state index in [-0.39, 0.29) is 20.7 Å². The number of nitrogen functional groups attached to an aromatic ring is 1. The number of sulfonamides is 1. The van der Waals surface area contributed by atoms with Crippen LogP contribution in [0.4, 0.5) is 15.8 Å². The Labute approximate surface area is 118 Å². The zero-order valence-electron chi connectivity index (χ0n) is 9.60. The van der Waals surface area contributed by atoms with Crippen LogP contribution in [-0.4, -0.2) is 8.42 Å². The zero-order chi connectivity index (χ0) is 14.0. The second kappa shape index (κ2) is 5.18. The molecule has 3 N–H and O–H groups in total. The summed E-state index contributed by atoms with van der Waals surface area (Å²) in [4.78, 5) is -0.0432. The summed E-state index contributed by atoms with van der Waals surface area (Å²) < 4.78 is 40.1. The van der Waals surface area contributed by atoms with Gasteiger partial charge in [0.05, 0.1) is 15.8 Å². The molecule has 0 saturated heterocycles. The van der Waals surface area contributed by atoms with Gasteiger partial charge in [-0.2, -0.15) is 0 Å². The largest absolute Gasteiger partial charge is 0.398 e. The van der Waals surface area contributed by atoms with Crippen LogP contribution in [0.3, 0.4) is 0 Å². The molecule has 0 heterocycles. The van der Waals surface area contributed by atoms with E-state index in [1.165, 1.54) is 24.3 Å². The van der Waals surface area contributed by atoms with E-state index in [0.717, 1.165) is 6.07 Å². The van der Waals surface area contributed by atoms with Gasteiger partial charge in [0.2, 0.25) is 0 Å². The Kier molecular flexibility index (Phi) is 3.77. The van der Waals surface area contributed by atoms with E-state index in [4.69, 9.17) is 5.73 Å². The van der Waals surface area contributed by atoms with Crippen LogP contribution < -0.4 is 10.5 Å². The molecule has 0 amide bonds. The van der Waals surface area contributed by atoms with Crippen molar-refractivity contribution in [2.75, 3.05) is 10.5 Å². The molecule has 0 atom stereocenters. The van der Waals surface area contributed by atoms with Gasteiger partial charge in [-0.25, -0.2) is 12.8 Å². The van der Waals surface area contributed by atoms with Crippen molar-refractivity contribution in [3.8, 4) is 0 Å². The third-order valence-corrected chi connectivity index (χ3v) is 4.48. The van der Waals surface area contributed by atoms with Crippen molar-refractivity contribution in [1.29, 1.82) is 0 Å². The van der Waals surface area contributed by atoms with Gasteiger partial charge < -0.3 is 5.73 Å². The lowest BCUT2D eigenvalue weighted by Gasteiger charge is -2.10. The van der Waals surface area contributed by atoms with E-state index in [2.05, 4.69) is 20.7 Å². The van der Waals surface area contributed by atoms with Crippen molar-refractivity contribution < 1.29 is 12.8 Å². The van der Waals surface area contributed by atoms with E-state index >= 15 is 0 Å². The van der Waals surface area contributed by atoms with Crippen LogP contribution in [-0.2, 0) is 10.0 Å². The molecule has 0 aliphatic carbocycles. The van der Waals surface area contributed by atoms with Crippen LogP contribution in [0.25, 0.3) is 0 Å². The zero-order valence-corrected chi connectivity index (χ0v) is 12.0. The highest BCUT2D eigenvalue weighted by Gasteiger charge is 2.17. The van der Waals surface area contributed by atoms with Gasteiger partial charge >= 0.3 is 0 Å². The number of benzene rings is 2. The quantitative estimate of drug-likeness (QED) is 0.840. The highest BCUT2D eigenvalue weighted by Crippen LogP contribution is 2.24. The third-order valence-electron chi connectivity index (χ3n) is 2.38. The molecule has 0 bridgehead atoms. The van der Waals surface area contributed by atoms with Crippen LogP contribution in [0.2, 0.25) is 0 Å². The van der Waals surface area contributed by atoms with Gasteiger partial charge in [-0.05, 0) is 46.3 Å². The molecule has 0 unspecified atom stereocenters. The number of para-hydroxylation sites is 1. The Balaban J connectivity index is 2.37. The fourth-order valence-corrected chi connectivity index (χ4v) is 2.92. The molecule has 0 aliphatic heterocycles. The molecule has 100 valence electrons. The second-order valence-corrected chi connectivity index (χ2v) is 6.28. The minimum absolute atomic E-state index is 0.0432. The third kappa shape index (κ3) is 3.05. The van der Waals surface area contributed by atoms with Gasteiger partial charge in [0.25, 0.3) is 10.0 Å². The lowest BCUT2D eigenvalue weighted by molar-refractivity contribution is 0.601. The molecular formula is C12H10BrFN2O2S. The van der Waals surface area contributed by atoms with Crippen LogP contribution in [0, 0.1) is 5.82 Å². The monoisotopic (exact) mass is 344 g/mol. The molecule has 0 radical (unpaired) electrons. The lowest BCUT2D eigenvalue weighted by Crippen LogP contribution is -2.14. The summed E-state index contributed by atoms with van der Waals surface area (Å²) in [6, 6.07) is 10.0. The molecule has 0 aromatic heterocycles. The fourth-order valence-electron chi connectivity index (χ4n) is 1.50. The summed E-state index contributed by atoms with van der Waals surface area (Å²) in [7, 11) is -3.83.